The van der Waals surface area contributed by atoms with Crippen LogP contribution in [0.1, 0.15) is 41.6 Å². The molecule has 5 N–H and O–H groups in total. The molecule has 2 atom stereocenters. The second-order valence-corrected chi connectivity index (χ2v) is 6.43. The number of hydrogen-bond acceptors (Lipinski definition) is 3. The molecule has 2 unspecified atom stereocenters. The summed E-state index contributed by atoms with van der Waals surface area (Å²) in [5.41, 5.74) is 8.71. The predicted octanol–water partition coefficient (Wildman–Crippen LogP) is 3.62. The zero-order valence-electron chi connectivity index (χ0n) is 14.0. The molecule has 6 nitrogen and oxygen atoms in total. The number of carbonyl (C=O) groups excluding carboxylic acids is 1. The fourth-order valence-corrected chi connectivity index (χ4v) is 3.06. The monoisotopic (exact) mass is 339 g/mol. The number of anilines is 2. The SMILES string of the molecule is CCC1(N)CC1c1cccc(NC(=O)c2cccc(NC(=O)O)c2)c1. The lowest BCUT2D eigenvalue weighted by Gasteiger charge is -2.11. The van der Waals surface area contributed by atoms with Crippen molar-refractivity contribution in [3.63, 3.8) is 0 Å². The van der Waals surface area contributed by atoms with E-state index >= 15 is 0 Å². The van der Waals surface area contributed by atoms with Gasteiger partial charge < -0.3 is 16.2 Å². The van der Waals surface area contributed by atoms with Gasteiger partial charge in [-0.05, 0) is 48.7 Å². The Labute approximate surface area is 146 Å². The fraction of sp³-hybridized carbons (Fsp3) is 0.263. The molecule has 1 saturated carbocycles. The van der Waals surface area contributed by atoms with Gasteiger partial charge >= 0.3 is 6.09 Å². The van der Waals surface area contributed by atoms with Gasteiger partial charge in [-0.2, -0.15) is 0 Å². The molecule has 0 bridgehead atoms. The molecule has 0 aliphatic heterocycles. The lowest BCUT2D eigenvalue weighted by atomic mass is 10.0. The summed E-state index contributed by atoms with van der Waals surface area (Å²) in [6.07, 6.45) is 0.720. The average Bonchev–Trinajstić information content (AvgIpc) is 3.27. The number of nitrogens with two attached hydrogens (primary N) is 1. The maximum Gasteiger partial charge on any atom is 0.409 e. The molecule has 25 heavy (non-hydrogen) atoms. The summed E-state index contributed by atoms with van der Waals surface area (Å²) in [6, 6.07) is 14.1. The summed E-state index contributed by atoms with van der Waals surface area (Å²) in [5.74, 6) is 0.0361. The Balaban J connectivity index is 1.72. The van der Waals surface area contributed by atoms with Crippen molar-refractivity contribution in [2.24, 2.45) is 5.73 Å². The van der Waals surface area contributed by atoms with E-state index in [-0.39, 0.29) is 11.4 Å². The first-order valence-corrected chi connectivity index (χ1v) is 8.21. The van der Waals surface area contributed by atoms with Crippen LogP contribution in [0.2, 0.25) is 0 Å². The minimum Gasteiger partial charge on any atom is -0.465 e. The molecule has 0 radical (unpaired) electrons. The van der Waals surface area contributed by atoms with Crippen LogP contribution in [0.5, 0.6) is 0 Å². The highest BCUT2D eigenvalue weighted by Gasteiger charge is 2.49. The molecule has 1 aliphatic rings. The van der Waals surface area contributed by atoms with Crippen LogP contribution in [-0.2, 0) is 0 Å². The summed E-state index contributed by atoms with van der Waals surface area (Å²) in [4.78, 5) is 23.1. The van der Waals surface area contributed by atoms with Gasteiger partial charge in [0.1, 0.15) is 0 Å². The first-order valence-electron chi connectivity index (χ1n) is 8.21. The van der Waals surface area contributed by atoms with E-state index in [1.807, 2.05) is 24.3 Å². The van der Waals surface area contributed by atoms with Gasteiger partial charge in [0.05, 0.1) is 0 Å². The summed E-state index contributed by atoms with van der Waals surface area (Å²) in [6.45, 7) is 2.09. The third-order valence-electron chi connectivity index (χ3n) is 4.70. The van der Waals surface area contributed by atoms with E-state index in [4.69, 9.17) is 10.8 Å². The van der Waals surface area contributed by atoms with Crippen molar-refractivity contribution in [1.82, 2.24) is 0 Å². The maximum atomic E-state index is 12.4. The molecule has 1 fully saturated rings. The van der Waals surface area contributed by atoms with E-state index in [2.05, 4.69) is 17.6 Å². The van der Waals surface area contributed by atoms with Crippen molar-refractivity contribution < 1.29 is 14.7 Å². The largest absolute Gasteiger partial charge is 0.465 e. The molecule has 130 valence electrons. The van der Waals surface area contributed by atoms with Crippen molar-refractivity contribution in [2.45, 2.75) is 31.2 Å². The van der Waals surface area contributed by atoms with Gasteiger partial charge in [0.25, 0.3) is 5.91 Å². The van der Waals surface area contributed by atoms with Gasteiger partial charge in [-0.15, -0.1) is 0 Å². The van der Waals surface area contributed by atoms with E-state index in [1.165, 1.54) is 6.07 Å². The Morgan fingerprint density at radius 2 is 1.84 bits per heavy atom. The Morgan fingerprint density at radius 3 is 2.48 bits per heavy atom. The molecule has 3 rings (SSSR count). The maximum absolute atomic E-state index is 12.4. The molecule has 2 amide bonds. The van der Waals surface area contributed by atoms with Gasteiger partial charge in [0.15, 0.2) is 0 Å². The Kier molecular flexibility index (Phi) is 4.46. The van der Waals surface area contributed by atoms with Crippen molar-refractivity contribution in [3.8, 4) is 0 Å². The highest BCUT2D eigenvalue weighted by Crippen LogP contribution is 2.51. The highest BCUT2D eigenvalue weighted by atomic mass is 16.4. The Morgan fingerprint density at radius 1 is 1.16 bits per heavy atom. The summed E-state index contributed by atoms with van der Waals surface area (Å²) < 4.78 is 0. The molecule has 1 aliphatic carbocycles. The van der Waals surface area contributed by atoms with Crippen LogP contribution in [0.15, 0.2) is 48.5 Å². The number of carbonyl (C=O) groups is 2. The Hall–Kier alpha value is -2.86. The molecule has 2 aromatic carbocycles. The molecule has 0 saturated heterocycles. The normalized spacial score (nSPS) is 21.4. The molecule has 2 aromatic rings. The van der Waals surface area contributed by atoms with Gasteiger partial charge in [-0.25, -0.2) is 4.79 Å². The van der Waals surface area contributed by atoms with Crippen molar-refractivity contribution in [1.29, 1.82) is 0 Å². The summed E-state index contributed by atoms with van der Waals surface area (Å²) in [7, 11) is 0. The molecule has 6 heteroatoms. The average molecular weight is 339 g/mol. The van der Waals surface area contributed by atoms with E-state index in [1.54, 1.807) is 18.2 Å². The van der Waals surface area contributed by atoms with Crippen LogP contribution in [0, 0.1) is 0 Å². The van der Waals surface area contributed by atoms with Crippen LogP contribution in [-0.4, -0.2) is 22.6 Å². The first kappa shape index (κ1) is 17.0. The van der Waals surface area contributed by atoms with Crippen LogP contribution in [0.3, 0.4) is 0 Å². The van der Waals surface area contributed by atoms with Gasteiger partial charge in [0, 0.05) is 28.4 Å². The topological polar surface area (TPSA) is 104 Å². The number of nitrogens with one attached hydrogen (secondary N) is 2. The minimum atomic E-state index is -1.17. The standard InChI is InChI=1S/C19H21N3O3/c1-2-19(20)11-16(19)12-5-3-7-14(9-12)21-17(23)13-6-4-8-15(10-13)22-18(24)25/h3-10,16,22H,2,11,20H2,1H3,(H,21,23)(H,24,25). The van der Waals surface area contributed by atoms with Crippen molar-refractivity contribution in [3.05, 3.63) is 59.7 Å². The van der Waals surface area contributed by atoms with Gasteiger partial charge in [-0.1, -0.05) is 25.1 Å². The number of carboxylic acid groups (broad SMARTS) is 1. The molecular formula is C19H21N3O3. The first-order chi connectivity index (χ1) is 11.9. The molecule has 0 spiro atoms. The van der Waals surface area contributed by atoms with Crippen LogP contribution in [0.25, 0.3) is 0 Å². The van der Waals surface area contributed by atoms with Crippen LogP contribution in [0.4, 0.5) is 16.2 Å². The highest BCUT2D eigenvalue weighted by molar-refractivity contribution is 6.05. The number of benzene rings is 2. The van der Waals surface area contributed by atoms with E-state index in [9.17, 15) is 9.59 Å². The lowest BCUT2D eigenvalue weighted by molar-refractivity contribution is 0.102. The fourth-order valence-electron chi connectivity index (χ4n) is 3.06. The Bertz CT molecular complexity index is 821. The van der Waals surface area contributed by atoms with Crippen LogP contribution < -0.4 is 16.4 Å². The third kappa shape index (κ3) is 3.80. The number of amides is 2. The van der Waals surface area contributed by atoms with E-state index in [0.717, 1.165) is 18.4 Å². The van der Waals surface area contributed by atoms with Crippen molar-refractivity contribution in [2.75, 3.05) is 10.6 Å². The number of hydrogen-bond donors (Lipinski definition) is 4. The second kappa shape index (κ2) is 6.57. The second-order valence-electron chi connectivity index (χ2n) is 6.43. The van der Waals surface area contributed by atoms with E-state index < -0.39 is 6.09 Å². The zero-order valence-corrected chi connectivity index (χ0v) is 14.0. The molecule has 0 aromatic heterocycles. The predicted molar refractivity (Wildman–Crippen MR) is 97.1 cm³/mol. The zero-order chi connectivity index (χ0) is 18.0. The summed E-state index contributed by atoms with van der Waals surface area (Å²) >= 11 is 0. The molecular weight excluding hydrogens is 318 g/mol. The van der Waals surface area contributed by atoms with Crippen molar-refractivity contribution >= 4 is 23.4 Å². The third-order valence-corrected chi connectivity index (χ3v) is 4.70. The number of rotatable bonds is 5. The lowest BCUT2D eigenvalue weighted by Crippen LogP contribution is -2.22. The van der Waals surface area contributed by atoms with Gasteiger partial charge in [0.2, 0.25) is 0 Å². The summed E-state index contributed by atoms with van der Waals surface area (Å²) in [5, 5.41) is 13.8. The molecule has 0 heterocycles. The smallest absolute Gasteiger partial charge is 0.409 e. The van der Waals surface area contributed by atoms with Gasteiger partial charge in [-0.3, -0.25) is 10.1 Å². The quantitative estimate of drug-likeness (QED) is 0.667. The van der Waals surface area contributed by atoms with Crippen LogP contribution >= 0.6 is 0 Å². The van der Waals surface area contributed by atoms with E-state index in [0.29, 0.717) is 22.9 Å². The minimum absolute atomic E-state index is 0.126.